The van der Waals surface area contributed by atoms with Gasteiger partial charge in [0.15, 0.2) is 0 Å². The lowest BCUT2D eigenvalue weighted by Crippen LogP contribution is -2.65. The first kappa shape index (κ1) is 19.1. The van der Waals surface area contributed by atoms with Crippen molar-refractivity contribution in [3.05, 3.63) is 4.91 Å². The molecule has 6 fully saturated rings. The third kappa shape index (κ3) is 2.26. The monoisotopic (exact) mass is 404 g/mol. The predicted octanol–water partition coefficient (Wildman–Crippen LogP) is 2.24. The summed E-state index contributed by atoms with van der Waals surface area (Å²) < 4.78 is 11.6. The largest absolute Gasteiger partial charge is 0.381 e. The highest BCUT2D eigenvalue weighted by atomic mass is 16.5. The van der Waals surface area contributed by atoms with Gasteiger partial charge in [-0.3, -0.25) is 10.9 Å². The first-order valence-electron chi connectivity index (χ1n) is 11.7. The number of nitroso groups, excluding NO2 is 1. The quantitative estimate of drug-likeness (QED) is 0.464. The molecule has 0 aromatic rings. The van der Waals surface area contributed by atoms with Gasteiger partial charge in [-0.25, -0.2) is 0 Å². The lowest BCUT2D eigenvalue weighted by Gasteiger charge is -2.43. The molecule has 0 aliphatic heterocycles. The van der Waals surface area contributed by atoms with E-state index in [1.54, 1.807) is 0 Å². The SMILES string of the molecule is COC1CC2C(NNC34CC(OC)CC3CC(N)C43CC3)(C1)CC(N=O)C21CC1. The molecule has 0 saturated heterocycles. The van der Waals surface area contributed by atoms with Crippen LogP contribution in [0, 0.1) is 27.6 Å². The van der Waals surface area contributed by atoms with Crippen LogP contribution >= 0.6 is 0 Å². The zero-order chi connectivity index (χ0) is 20.1. The minimum atomic E-state index is -0.0943. The van der Waals surface area contributed by atoms with Crippen LogP contribution in [0.3, 0.4) is 0 Å². The molecule has 6 aliphatic carbocycles. The number of nitrogens with one attached hydrogen (secondary N) is 2. The van der Waals surface area contributed by atoms with Crippen molar-refractivity contribution in [2.75, 3.05) is 14.2 Å². The molecule has 6 saturated carbocycles. The number of fused-ring (bicyclic) bond motifs is 4. The maximum absolute atomic E-state index is 11.7. The third-order valence-electron chi connectivity index (χ3n) is 10.5. The highest BCUT2D eigenvalue weighted by Crippen LogP contribution is 2.71. The van der Waals surface area contributed by atoms with Crippen LogP contribution in [0.25, 0.3) is 0 Å². The Kier molecular flexibility index (Phi) is 3.96. The van der Waals surface area contributed by atoms with Crippen LogP contribution in [0.1, 0.15) is 64.2 Å². The van der Waals surface area contributed by atoms with E-state index in [4.69, 9.17) is 15.2 Å². The van der Waals surface area contributed by atoms with Crippen LogP contribution in [0.2, 0.25) is 0 Å². The van der Waals surface area contributed by atoms with E-state index in [9.17, 15) is 4.91 Å². The molecule has 8 unspecified atom stereocenters. The van der Waals surface area contributed by atoms with E-state index in [1.165, 1.54) is 12.8 Å². The molecule has 0 amide bonds. The summed E-state index contributed by atoms with van der Waals surface area (Å²) in [6.07, 6.45) is 11.4. The number of hydrazine groups is 1. The van der Waals surface area contributed by atoms with Gasteiger partial charge in [0.05, 0.1) is 18.2 Å². The van der Waals surface area contributed by atoms with Gasteiger partial charge in [-0.05, 0) is 76.0 Å². The predicted molar refractivity (Wildman–Crippen MR) is 109 cm³/mol. The van der Waals surface area contributed by atoms with Crippen molar-refractivity contribution in [2.45, 2.75) is 99.6 Å². The van der Waals surface area contributed by atoms with E-state index >= 15 is 0 Å². The molecular formula is C22H36N4O3. The fraction of sp³-hybridized carbons (Fsp3) is 1.00. The Morgan fingerprint density at radius 3 is 2.28 bits per heavy atom. The average molecular weight is 405 g/mol. The van der Waals surface area contributed by atoms with Crippen LogP contribution < -0.4 is 16.6 Å². The Morgan fingerprint density at radius 1 is 0.931 bits per heavy atom. The van der Waals surface area contributed by atoms with Crippen LogP contribution in [0.4, 0.5) is 0 Å². The molecule has 0 heterocycles. The summed E-state index contributed by atoms with van der Waals surface area (Å²) in [7, 11) is 3.67. The zero-order valence-corrected chi connectivity index (χ0v) is 17.8. The van der Waals surface area contributed by atoms with Crippen molar-refractivity contribution < 1.29 is 9.47 Å². The number of hydrogen-bond acceptors (Lipinski definition) is 7. The third-order valence-corrected chi connectivity index (χ3v) is 10.5. The molecule has 162 valence electrons. The van der Waals surface area contributed by atoms with Gasteiger partial charge in [0, 0.05) is 42.2 Å². The first-order valence-corrected chi connectivity index (χ1v) is 11.7. The van der Waals surface area contributed by atoms with Gasteiger partial charge in [-0.15, -0.1) is 0 Å². The molecule has 2 spiro atoms. The Bertz CT molecular complexity index is 710. The number of nitrogens with zero attached hydrogens (tertiary/aromatic N) is 1. The summed E-state index contributed by atoms with van der Waals surface area (Å²) >= 11 is 0. The zero-order valence-electron chi connectivity index (χ0n) is 17.8. The second-order valence-corrected chi connectivity index (χ2v) is 11.3. The molecule has 0 radical (unpaired) electrons. The summed E-state index contributed by atoms with van der Waals surface area (Å²) in [5.74, 6) is 1.03. The number of nitrogens with two attached hydrogens (primary N) is 1. The summed E-state index contributed by atoms with van der Waals surface area (Å²) in [5, 5.41) is 3.61. The number of rotatable bonds is 6. The molecule has 6 aliphatic rings. The summed E-state index contributed by atoms with van der Waals surface area (Å²) in [4.78, 5) is 11.7. The van der Waals surface area contributed by atoms with Gasteiger partial charge < -0.3 is 15.2 Å². The Labute approximate surface area is 173 Å². The average Bonchev–Trinajstić information content (AvgIpc) is 3.60. The van der Waals surface area contributed by atoms with Crippen molar-refractivity contribution in [2.24, 2.45) is 33.6 Å². The topological polar surface area (TPSA) is 98.0 Å². The van der Waals surface area contributed by atoms with Gasteiger partial charge in [0.25, 0.3) is 0 Å². The van der Waals surface area contributed by atoms with Gasteiger partial charge in [0.2, 0.25) is 0 Å². The standard InChI is InChI=1S/C22H36N4O3/c1-28-14-7-13-8-17(23)20(5-6-20)22(13,11-14)26-25-21-10-15(29-2)9-16(21)19(3-4-19)18(12-21)24-27/h13-18,25-26H,3-12,23H2,1-2H3. The van der Waals surface area contributed by atoms with Crippen molar-refractivity contribution in [3.63, 3.8) is 0 Å². The highest BCUT2D eigenvalue weighted by Gasteiger charge is 2.74. The maximum atomic E-state index is 11.7. The Hall–Kier alpha value is -0.600. The van der Waals surface area contributed by atoms with E-state index in [0.29, 0.717) is 17.9 Å². The van der Waals surface area contributed by atoms with E-state index in [0.717, 1.165) is 51.4 Å². The summed E-state index contributed by atoms with van der Waals surface area (Å²) in [6, 6.07) is 0.231. The minimum absolute atomic E-state index is 0.0148. The normalized spacial score (nSPS) is 52.8. The lowest BCUT2D eigenvalue weighted by molar-refractivity contribution is 0.0660. The number of hydrogen-bond donors (Lipinski definition) is 3. The molecule has 0 aromatic heterocycles. The summed E-state index contributed by atoms with van der Waals surface area (Å²) in [6.45, 7) is 0. The molecule has 6 rings (SSSR count). The van der Waals surface area contributed by atoms with Crippen molar-refractivity contribution in [1.29, 1.82) is 0 Å². The molecule has 29 heavy (non-hydrogen) atoms. The van der Waals surface area contributed by atoms with E-state index in [2.05, 4.69) is 16.0 Å². The van der Waals surface area contributed by atoms with Crippen molar-refractivity contribution in [1.82, 2.24) is 10.9 Å². The van der Waals surface area contributed by atoms with Gasteiger partial charge in [-0.1, -0.05) is 5.18 Å². The van der Waals surface area contributed by atoms with Crippen LogP contribution in [-0.4, -0.2) is 49.6 Å². The number of ether oxygens (including phenoxy) is 2. The van der Waals surface area contributed by atoms with Crippen LogP contribution in [0.5, 0.6) is 0 Å². The van der Waals surface area contributed by atoms with Gasteiger partial charge in [-0.2, -0.15) is 4.91 Å². The highest BCUT2D eigenvalue weighted by molar-refractivity contribution is 5.29. The Morgan fingerprint density at radius 2 is 1.66 bits per heavy atom. The molecule has 0 bridgehead atoms. The molecule has 8 atom stereocenters. The fourth-order valence-corrected chi connectivity index (χ4v) is 8.79. The molecule has 7 nitrogen and oxygen atoms in total. The van der Waals surface area contributed by atoms with Gasteiger partial charge in [0.1, 0.15) is 0 Å². The smallest absolute Gasteiger partial charge is 0.0997 e. The Balaban J connectivity index is 1.30. The minimum Gasteiger partial charge on any atom is -0.381 e. The van der Waals surface area contributed by atoms with Crippen LogP contribution in [0.15, 0.2) is 5.18 Å². The van der Waals surface area contributed by atoms with Crippen molar-refractivity contribution in [3.8, 4) is 0 Å². The maximum Gasteiger partial charge on any atom is 0.0997 e. The second kappa shape index (κ2) is 6.00. The lowest BCUT2D eigenvalue weighted by atomic mass is 9.79. The molecule has 7 heteroatoms. The van der Waals surface area contributed by atoms with E-state index < -0.39 is 0 Å². The van der Waals surface area contributed by atoms with Gasteiger partial charge >= 0.3 is 0 Å². The summed E-state index contributed by atoms with van der Waals surface area (Å²) in [5.41, 5.74) is 14.8. The molecular weight excluding hydrogens is 368 g/mol. The first-order chi connectivity index (χ1) is 14.0. The molecule has 4 N–H and O–H groups in total. The van der Waals surface area contributed by atoms with Crippen LogP contribution in [-0.2, 0) is 9.47 Å². The van der Waals surface area contributed by atoms with E-state index in [-0.39, 0.29) is 40.1 Å². The number of methoxy groups -OCH3 is 2. The van der Waals surface area contributed by atoms with Crippen molar-refractivity contribution >= 4 is 0 Å². The fourth-order valence-electron chi connectivity index (χ4n) is 8.79. The molecule has 0 aromatic carbocycles. The van der Waals surface area contributed by atoms with E-state index in [1.807, 2.05) is 14.2 Å². The second-order valence-electron chi connectivity index (χ2n) is 11.3.